The Morgan fingerprint density at radius 2 is 1.75 bits per heavy atom. The van der Waals surface area contributed by atoms with Crippen LogP contribution in [0.2, 0.25) is 0 Å². The molecule has 16 heavy (non-hydrogen) atoms. The highest BCUT2D eigenvalue weighted by Gasteiger charge is 1.96. The molecule has 0 bridgehead atoms. The second-order valence-electron chi connectivity index (χ2n) is 4.53. The third-order valence-corrected chi connectivity index (χ3v) is 3.06. The SMILES string of the molecule is CCCCCCCCc1ccnc(CC)c1. The van der Waals surface area contributed by atoms with Crippen molar-refractivity contribution in [3.05, 3.63) is 29.6 Å². The van der Waals surface area contributed by atoms with Gasteiger partial charge < -0.3 is 0 Å². The van der Waals surface area contributed by atoms with Gasteiger partial charge >= 0.3 is 0 Å². The molecule has 0 N–H and O–H groups in total. The lowest BCUT2D eigenvalue weighted by atomic mass is 10.0. The Labute approximate surface area is 100 Å². The predicted octanol–water partition coefficient (Wildman–Crippen LogP) is 4.55. The lowest BCUT2D eigenvalue weighted by Crippen LogP contribution is -1.91. The molecule has 0 saturated carbocycles. The van der Waals surface area contributed by atoms with Gasteiger partial charge in [-0.25, -0.2) is 0 Å². The van der Waals surface area contributed by atoms with Gasteiger partial charge in [0, 0.05) is 11.9 Å². The van der Waals surface area contributed by atoms with E-state index in [1.807, 2.05) is 6.20 Å². The van der Waals surface area contributed by atoms with Gasteiger partial charge in [0.25, 0.3) is 0 Å². The Kier molecular flexibility index (Phi) is 6.87. The van der Waals surface area contributed by atoms with Crippen molar-refractivity contribution in [1.82, 2.24) is 4.98 Å². The summed E-state index contributed by atoms with van der Waals surface area (Å²) in [5.74, 6) is 0. The van der Waals surface area contributed by atoms with Gasteiger partial charge in [-0.2, -0.15) is 0 Å². The van der Waals surface area contributed by atoms with Gasteiger partial charge in [-0.05, 0) is 37.0 Å². The third kappa shape index (κ3) is 5.29. The van der Waals surface area contributed by atoms with Crippen molar-refractivity contribution in [2.75, 3.05) is 0 Å². The highest BCUT2D eigenvalue weighted by molar-refractivity contribution is 5.16. The summed E-state index contributed by atoms with van der Waals surface area (Å²) in [5, 5.41) is 0. The van der Waals surface area contributed by atoms with Gasteiger partial charge in [0.15, 0.2) is 0 Å². The standard InChI is InChI=1S/C15H25N/c1-3-5-6-7-8-9-10-14-11-12-16-15(4-2)13-14/h11-13H,3-10H2,1-2H3. The van der Waals surface area contributed by atoms with E-state index in [1.165, 1.54) is 56.2 Å². The van der Waals surface area contributed by atoms with E-state index in [4.69, 9.17) is 0 Å². The summed E-state index contributed by atoms with van der Waals surface area (Å²) in [5.41, 5.74) is 2.69. The van der Waals surface area contributed by atoms with Crippen LogP contribution in [0.15, 0.2) is 18.3 Å². The monoisotopic (exact) mass is 219 g/mol. The zero-order chi connectivity index (χ0) is 11.6. The smallest absolute Gasteiger partial charge is 0.0403 e. The minimum absolute atomic E-state index is 1.05. The Morgan fingerprint density at radius 3 is 2.50 bits per heavy atom. The summed E-state index contributed by atoms with van der Waals surface area (Å²) in [6.07, 6.45) is 12.5. The fourth-order valence-electron chi connectivity index (χ4n) is 1.99. The zero-order valence-electron chi connectivity index (χ0n) is 10.8. The van der Waals surface area contributed by atoms with Gasteiger partial charge in [-0.1, -0.05) is 46.0 Å². The van der Waals surface area contributed by atoms with Crippen LogP contribution in [0.3, 0.4) is 0 Å². The molecule has 1 aromatic heterocycles. The van der Waals surface area contributed by atoms with E-state index in [0.717, 1.165) is 6.42 Å². The quantitative estimate of drug-likeness (QED) is 0.585. The first-order valence-corrected chi connectivity index (χ1v) is 6.80. The molecule has 0 fully saturated rings. The first-order chi connectivity index (χ1) is 7.86. The first kappa shape index (κ1) is 13.2. The van der Waals surface area contributed by atoms with Crippen LogP contribution in [0.25, 0.3) is 0 Å². The number of unbranched alkanes of at least 4 members (excludes halogenated alkanes) is 5. The van der Waals surface area contributed by atoms with Crippen molar-refractivity contribution in [2.24, 2.45) is 0 Å². The highest BCUT2D eigenvalue weighted by atomic mass is 14.7. The van der Waals surface area contributed by atoms with Crippen molar-refractivity contribution in [3.8, 4) is 0 Å². The van der Waals surface area contributed by atoms with Crippen LogP contribution in [0, 0.1) is 0 Å². The molecule has 0 amide bonds. The number of aryl methyl sites for hydroxylation is 2. The minimum Gasteiger partial charge on any atom is -0.261 e. The Balaban J connectivity index is 2.16. The molecule has 1 aromatic rings. The largest absolute Gasteiger partial charge is 0.261 e. The van der Waals surface area contributed by atoms with Gasteiger partial charge in [0.1, 0.15) is 0 Å². The topological polar surface area (TPSA) is 12.9 Å². The molecule has 0 unspecified atom stereocenters. The molecule has 0 aromatic carbocycles. The maximum Gasteiger partial charge on any atom is 0.0403 e. The molecular formula is C15H25N. The van der Waals surface area contributed by atoms with E-state index >= 15 is 0 Å². The Morgan fingerprint density at radius 1 is 1.00 bits per heavy atom. The Hall–Kier alpha value is -0.850. The van der Waals surface area contributed by atoms with Crippen LogP contribution < -0.4 is 0 Å². The highest BCUT2D eigenvalue weighted by Crippen LogP contribution is 2.10. The van der Waals surface area contributed by atoms with Crippen molar-refractivity contribution in [1.29, 1.82) is 0 Å². The molecule has 0 aliphatic carbocycles. The Bertz CT molecular complexity index is 281. The minimum atomic E-state index is 1.05. The van der Waals surface area contributed by atoms with Crippen molar-refractivity contribution < 1.29 is 0 Å². The van der Waals surface area contributed by atoms with E-state index < -0.39 is 0 Å². The second-order valence-corrected chi connectivity index (χ2v) is 4.53. The average Bonchev–Trinajstić information content (AvgIpc) is 2.34. The molecule has 0 aliphatic rings. The van der Waals surface area contributed by atoms with Crippen molar-refractivity contribution in [2.45, 2.75) is 65.2 Å². The van der Waals surface area contributed by atoms with Crippen LogP contribution in [0.4, 0.5) is 0 Å². The van der Waals surface area contributed by atoms with Gasteiger partial charge in [-0.3, -0.25) is 4.98 Å². The summed E-state index contributed by atoms with van der Waals surface area (Å²) in [6, 6.07) is 4.41. The lowest BCUT2D eigenvalue weighted by Gasteiger charge is -2.03. The van der Waals surface area contributed by atoms with Crippen LogP contribution in [0.1, 0.15) is 63.6 Å². The molecule has 0 radical (unpaired) electrons. The molecule has 0 spiro atoms. The van der Waals surface area contributed by atoms with E-state index in [1.54, 1.807) is 0 Å². The molecule has 1 heterocycles. The van der Waals surface area contributed by atoms with Gasteiger partial charge in [0.05, 0.1) is 0 Å². The molecule has 90 valence electrons. The first-order valence-electron chi connectivity index (χ1n) is 6.80. The molecule has 1 heteroatoms. The average molecular weight is 219 g/mol. The zero-order valence-corrected chi connectivity index (χ0v) is 10.8. The molecule has 1 rings (SSSR count). The maximum atomic E-state index is 4.33. The number of pyridine rings is 1. The predicted molar refractivity (Wildman–Crippen MR) is 70.7 cm³/mol. The summed E-state index contributed by atoms with van der Waals surface area (Å²) in [6.45, 7) is 4.43. The van der Waals surface area contributed by atoms with E-state index in [2.05, 4.69) is 31.0 Å². The fraction of sp³-hybridized carbons (Fsp3) is 0.667. The van der Waals surface area contributed by atoms with Crippen LogP contribution in [0.5, 0.6) is 0 Å². The maximum absolute atomic E-state index is 4.33. The van der Waals surface area contributed by atoms with Crippen molar-refractivity contribution >= 4 is 0 Å². The lowest BCUT2D eigenvalue weighted by molar-refractivity contribution is 0.607. The molecule has 0 saturated heterocycles. The molecule has 0 aliphatic heterocycles. The number of aromatic nitrogens is 1. The van der Waals surface area contributed by atoms with Crippen LogP contribution in [-0.2, 0) is 12.8 Å². The fourth-order valence-corrected chi connectivity index (χ4v) is 1.99. The van der Waals surface area contributed by atoms with E-state index in [-0.39, 0.29) is 0 Å². The van der Waals surface area contributed by atoms with Gasteiger partial charge in [-0.15, -0.1) is 0 Å². The molecule has 1 nitrogen and oxygen atoms in total. The third-order valence-electron chi connectivity index (χ3n) is 3.06. The van der Waals surface area contributed by atoms with Crippen LogP contribution in [-0.4, -0.2) is 4.98 Å². The molecular weight excluding hydrogens is 194 g/mol. The summed E-state index contributed by atoms with van der Waals surface area (Å²) in [4.78, 5) is 4.33. The van der Waals surface area contributed by atoms with Crippen LogP contribution >= 0.6 is 0 Å². The summed E-state index contributed by atoms with van der Waals surface area (Å²) >= 11 is 0. The van der Waals surface area contributed by atoms with Crippen molar-refractivity contribution in [3.63, 3.8) is 0 Å². The summed E-state index contributed by atoms with van der Waals surface area (Å²) in [7, 11) is 0. The normalized spacial score (nSPS) is 10.6. The summed E-state index contributed by atoms with van der Waals surface area (Å²) < 4.78 is 0. The number of nitrogens with zero attached hydrogens (tertiary/aromatic N) is 1. The number of hydrogen-bond donors (Lipinski definition) is 0. The second kappa shape index (κ2) is 8.32. The molecule has 0 atom stereocenters. The number of rotatable bonds is 8. The van der Waals surface area contributed by atoms with E-state index in [9.17, 15) is 0 Å². The van der Waals surface area contributed by atoms with Gasteiger partial charge in [0.2, 0.25) is 0 Å². The van der Waals surface area contributed by atoms with E-state index in [0.29, 0.717) is 0 Å². The number of hydrogen-bond acceptors (Lipinski definition) is 1.